The molecule has 114 valence electrons. The summed E-state index contributed by atoms with van der Waals surface area (Å²) in [4.78, 5) is 30.3. The molecule has 0 saturated carbocycles. The highest BCUT2D eigenvalue weighted by Gasteiger charge is 2.14. The lowest BCUT2D eigenvalue weighted by Crippen LogP contribution is -1.94. The van der Waals surface area contributed by atoms with Crippen LogP contribution in [0.15, 0.2) is 36.4 Å². The van der Waals surface area contributed by atoms with E-state index < -0.39 is 4.92 Å². The number of hydrogen-bond donors (Lipinski definition) is 1. The second kappa shape index (κ2) is 8.11. The summed E-state index contributed by atoms with van der Waals surface area (Å²) in [6.07, 6.45) is 1.03. The zero-order valence-electron chi connectivity index (χ0n) is 11.0. The molecule has 2 aromatic carbocycles. The van der Waals surface area contributed by atoms with Gasteiger partial charge in [-0.3, -0.25) is 19.7 Å². The molecule has 0 spiro atoms. The highest BCUT2D eigenvalue weighted by atomic mass is 35.5. The number of anilines is 1. The summed E-state index contributed by atoms with van der Waals surface area (Å²) >= 11 is 11.2. The molecule has 0 aliphatic heterocycles. The lowest BCUT2D eigenvalue weighted by atomic mass is 10.2. The standard InChI is InChI=1S/C7H4ClNO3.C7H6ClNO/c8-6-2-1-3-7(9(11)12)5(6)4-10;8-6-2-1-3-7(9)5(6)4-10/h1-4H;1-4H,9H2. The van der Waals surface area contributed by atoms with Gasteiger partial charge in [0.2, 0.25) is 0 Å². The number of benzene rings is 2. The van der Waals surface area contributed by atoms with Crippen molar-refractivity contribution in [2.45, 2.75) is 0 Å². The van der Waals surface area contributed by atoms with Gasteiger partial charge in [0.25, 0.3) is 5.69 Å². The van der Waals surface area contributed by atoms with Crippen molar-refractivity contribution in [1.82, 2.24) is 0 Å². The highest BCUT2D eigenvalue weighted by Crippen LogP contribution is 2.23. The Kier molecular flexibility index (Phi) is 6.49. The van der Waals surface area contributed by atoms with Crippen LogP contribution >= 0.6 is 23.2 Å². The first kappa shape index (κ1) is 17.6. The molecule has 0 amide bonds. The summed E-state index contributed by atoms with van der Waals surface area (Å²) in [5.74, 6) is 0. The molecular formula is C14H10Cl2N2O4. The van der Waals surface area contributed by atoms with Crippen molar-refractivity contribution in [1.29, 1.82) is 0 Å². The minimum Gasteiger partial charge on any atom is -0.398 e. The number of nitro groups is 1. The molecule has 0 fully saturated rings. The molecule has 0 atom stereocenters. The molecule has 22 heavy (non-hydrogen) atoms. The lowest BCUT2D eigenvalue weighted by Gasteiger charge is -1.97. The molecule has 0 aromatic heterocycles. The van der Waals surface area contributed by atoms with Crippen LogP contribution in [0.2, 0.25) is 10.0 Å². The summed E-state index contributed by atoms with van der Waals surface area (Å²) < 4.78 is 0. The Labute approximate surface area is 135 Å². The number of carbonyl (C=O) groups is 2. The van der Waals surface area contributed by atoms with E-state index >= 15 is 0 Å². The number of aldehydes is 2. The SMILES string of the molecule is Nc1cccc(Cl)c1C=O.O=Cc1c(Cl)cccc1[N+](=O)[O-]. The van der Waals surface area contributed by atoms with Gasteiger partial charge in [-0.15, -0.1) is 0 Å². The number of nitro benzene ring substituents is 1. The molecule has 0 bridgehead atoms. The summed E-state index contributed by atoms with van der Waals surface area (Å²) in [7, 11) is 0. The molecule has 0 aliphatic rings. The second-order valence-electron chi connectivity index (χ2n) is 3.91. The van der Waals surface area contributed by atoms with Crippen LogP contribution < -0.4 is 5.73 Å². The smallest absolute Gasteiger partial charge is 0.281 e. The van der Waals surface area contributed by atoms with Gasteiger partial charge in [-0.25, -0.2) is 0 Å². The van der Waals surface area contributed by atoms with Crippen LogP contribution in [-0.2, 0) is 0 Å². The second-order valence-corrected chi connectivity index (χ2v) is 4.72. The van der Waals surface area contributed by atoms with Gasteiger partial charge < -0.3 is 5.73 Å². The quantitative estimate of drug-likeness (QED) is 0.396. The van der Waals surface area contributed by atoms with Crippen molar-refractivity contribution in [3.63, 3.8) is 0 Å². The predicted octanol–water partition coefficient (Wildman–Crippen LogP) is 3.80. The monoisotopic (exact) mass is 340 g/mol. The highest BCUT2D eigenvalue weighted by molar-refractivity contribution is 6.33. The van der Waals surface area contributed by atoms with Gasteiger partial charge in [-0.1, -0.05) is 35.3 Å². The summed E-state index contributed by atoms with van der Waals surface area (Å²) in [5, 5.41) is 10.8. The molecule has 0 aliphatic carbocycles. The normalized spacial score (nSPS) is 9.36. The van der Waals surface area contributed by atoms with Gasteiger partial charge in [-0.05, 0) is 18.2 Å². The molecule has 0 unspecified atom stereocenters. The summed E-state index contributed by atoms with van der Waals surface area (Å²) in [5.41, 5.74) is 5.85. The Hall–Kier alpha value is -2.44. The van der Waals surface area contributed by atoms with E-state index in [0.717, 1.165) is 0 Å². The van der Waals surface area contributed by atoms with Crippen molar-refractivity contribution in [3.05, 3.63) is 67.7 Å². The lowest BCUT2D eigenvalue weighted by molar-refractivity contribution is -0.385. The minimum absolute atomic E-state index is 0.0795. The Balaban J connectivity index is 0.000000224. The van der Waals surface area contributed by atoms with E-state index in [1.165, 1.54) is 18.2 Å². The first-order valence-electron chi connectivity index (χ1n) is 5.79. The first-order valence-corrected chi connectivity index (χ1v) is 6.55. The van der Waals surface area contributed by atoms with Gasteiger partial charge in [0.1, 0.15) is 5.56 Å². The van der Waals surface area contributed by atoms with Crippen molar-refractivity contribution >= 4 is 47.1 Å². The molecule has 8 heteroatoms. The molecule has 6 nitrogen and oxygen atoms in total. The van der Waals surface area contributed by atoms with Crippen LogP contribution in [0.5, 0.6) is 0 Å². The van der Waals surface area contributed by atoms with Gasteiger partial charge in [0.05, 0.1) is 20.5 Å². The van der Waals surface area contributed by atoms with E-state index in [0.29, 0.717) is 28.8 Å². The fourth-order valence-corrected chi connectivity index (χ4v) is 1.92. The van der Waals surface area contributed by atoms with E-state index in [1.807, 2.05) is 0 Å². The van der Waals surface area contributed by atoms with Gasteiger partial charge in [-0.2, -0.15) is 0 Å². The molecule has 2 N–H and O–H groups in total. The molecular weight excluding hydrogens is 331 g/mol. The van der Waals surface area contributed by atoms with Crippen molar-refractivity contribution in [2.75, 3.05) is 5.73 Å². The molecule has 0 saturated heterocycles. The van der Waals surface area contributed by atoms with E-state index in [4.69, 9.17) is 28.9 Å². The number of rotatable bonds is 3. The Morgan fingerprint density at radius 1 is 0.955 bits per heavy atom. The number of halogens is 2. The zero-order valence-corrected chi connectivity index (χ0v) is 12.5. The third-order valence-electron chi connectivity index (χ3n) is 2.55. The molecule has 0 radical (unpaired) electrons. The molecule has 2 aromatic rings. The maximum absolute atomic E-state index is 10.4. The Morgan fingerprint density at radius 3 is 1.82 bits per heavy atom. The maximum Gasteiger partial charge on any atom is 0.281 e. The topological polar surface area (TPSA) is 103 Å². The van der Waals surface area contributed by atoms with Crippen LogP contribution in [0.25, 0.3) is 0 Å². The summed E-state index contributed by atoms with van der Waals surface area (Å²) in [6, 6.07) is 9.04. The Bertz CT molecular complexity index is 700. The van der Waals surface area contributed by atoms with Crippen LogP contribution in [0.1, 0.15) is 20.7 Å². The van der Waals surface area contributed by atoms with E-state index in [1.54, 1.807) is 18.2 Å². The van der Waals surface area contributed by atoms with Gasteiger partial charge in [0.15, 0.2) is 12.6 Å². The number of carbonyl (C=O) groups excluding carboxylic acids is 2. The number of hydrogen-bond acceptors (Lipinski definition) is 5. The summed E-state index contributed by atoms with van der Waals surface area (Å²) in [6.45, 7) is 0. The van der Waals surface area contributed by atoms with Crippen molar-refractivity contribution in [2.24, 2.45) is 0 Å². The van der Waals surface area contributed by atoms with Crippen LogP contribution in [-0.4, -0.2) is 17.5 Å². The van der Waals surface area contributed by atoms with Gasteiger partial charge in [0, 0.05) is 11.8 Å². The molecule has 0 heterocycles. The largest absolute Gasteiger partial charge is 0.398 e. The molecule has 2 rings (SSSR count). The first-order chi connectivity index (χ1) is 10.4. The maximum atomic E-state index is 10.4. The number of nitrogens with two attached hydrogens (primary N) is 1. The van der Waals surface area contributed by atoms with Crippen molar-refractivity contribution < 1.29 is 14.5 Å². The van der Waals surface area contributed by atoms with Gasteiger partial charge >= 0.3 is 0 Å². The third-order valence-corrected chi connectivity index (χ3v) is 3.21. The van der Waals surface area contributed by atoms with Crippen molar-refractivity contribution in [3.8, 4) is 0 Å². The van der Waals surface area contributed by atoms with Crippen LogP contribution in [0.4, 0.5) is 11.4 Å². The average molecular weight is 341 g/mol. The minimum atomic E-state index is -0.643. The number of nitrogen functional groups attached to an aromatic ring is 1. The third kappa shape index (κ3) is 4.28. The van der Waals surface area contributed by atoms with E-state index in [2.05, 4.69) is 0 Å². The fraction of sp³-hybridized carbons (Fsp3) is 0. The van der Waals surface area contributed by atoms with E-state index in [9.17, 15) is 19.7 Å². The van der Waals surface area contributed by atoms with Crippen LogP contribution in [0, 0.1) is 10.1 Å². The van der Waals surface area contributed by atoms with E-state index in [-0.39, 0.29) is 16.3 Å². The predicted molar refractivity (Wildman–Crippen MR) is 84.7 cm³/mol. The fourth-order valence-electron chi connectivity index (χ4n) is 1.48. The number of nitrogens with zero attached hydrogens (tertiary/aromatic N) is 1. The Morgan fingerprint density at radius 2 is 1.45 bits per heavy atom. The average Bonchev–Trinajstić information content (AvgIpc) is 2.47. The zero-order chi connectivity index (χ0) is 16.7. The van der Waals surface area contributed by atoms with Crippen LogP contribution in [0.3, 0.4) is 0 Å².